The molecular formula is C17H24F2N2O3. The fourth-order valence-corrected chi connectivity index (χ4v) is 2.61. The molecule has 1 aromatic carbocycles. The summed E-state index contributed by atoms with van der Waals surface area (Å²) in [6.07, 6.45) is 4.18. The monoisotopic (exact) mass is 342 g/mol. The third-order valence-corrected chi connectivity index (χ3v) is 3.89. The molecule has 1 atom stereocenters. The van der Waals surface area contributed by atoms with Gasteiger partial charge in [0.1, 0.15) is 18.1 Å². The third-order valence-electron chi connectivity index (χ3n) is 3.89. The fourth-order valence-electron chi connectivity index (χ4n) is 2.61. The van der Waals surface area contributed by atoms with Gasteiger partial charge in [-0.2, -0.15) is 0 Å². The molecule has 5 nitrogen and oxygen atoms in total. The molecule has 1 unspecified atom stereocenters. The van der Waals surface area contributed by atoms with E-state index in [1.807, 2.05) is 0 Å². The highest BCUT2D eigenvalue weighted by molar-refractivity contribution is 5.92. The summed E-state index contributed by atoms with van der Waals surface area (Å²) in [5.74, 6) is -2.44. The van der Waals surface area contributed by atoms with Crippen LogP contribution >= 0.6 is 0 Å². The molecule has 1 heterocycles. The number of amides is 1. The largest absolute Gasteiger partial charge is 0.490 e. The average molecular weight is 342 g/mol. The van der Waals surface area contributed by atoms with Crippen molar-refractivity contribution >= 4 is 11.6 Å². The van der Waals surface area contributed by atoms with E-state index in [4.69, 9.17) is 9.47 Å². The molecule has 0 aromatic heterocycles. The number of halogens is 2. The number of hydrogen-bond acceptors (Lipinski definition) is 4. The van der Waals surface area contributed by atoms with Crippen molar-refractivity contribution in [2.24, 2.45) is 0 Å². The molecule has 1 saturated heterocycles. The molecule has 1 amide bonds. The number of benzene rings is 1. The van der Waals surface area contributed by atoms with Gasteiger partial charge in [-0.3, -0.25) is 4.79 Å². The summed E-state index contributed by atoms with van der Waals surface area (Å²) in [5, 5.41) is 5.57. The first-order valence-electron chi connectivity index (χ1n) is 8.33. The maximum atomic E-state index is 14.3. The Morgan fingerprint density at radius 1 is 1.38 bits per heavy atom. The minimum atomic E-state index is -0.906. The first kappa shape index (κ1) is 18.6. The number of hydrogen-bond donors (Lipinski definition) is 2. The molecule has 7 heteroatoms. The van der Waals surface area contributed by atoms with Crippen molar-refractivity contribution in [3.8, 4) is 5.75 Å². The van der Waals surface area contributed by atoms with Crippen LogP contribution in [0.3, 0.4) is 0 Å². The molecule has 134 valence electrons. The standard InChI is InChI=1S/C17H24F2N2O3/c1-2-23-11-15(22)21-17-13(18)6-7-14(16(17)19)24-10-8-12-5-3-4-9-20-12/h6-7,12,20H,2-5,8-11H2,1H3,(H,21,22). The van der Waals surface area contributed by atoms with Crippen LogP contribution in [0.15, 0.2) is 12.1 Å². The van der Waals surface area contributed by atoms with E-state index in [1.54, 1.807) is 6.92 Å². The van der Waals surface area contributed by atoms with Gasteiger partial charge in [-0.1, -0.05) is 6.42 Å². The van der Waals surface area contributed by atoms with Gasteiger partial charge in [0, 0.05) is 12.6 Å². The maximum absolute atomic E-state index is 14.3. The Hall–Kier alpha value is -1.73. The van der Waals surface area contributed by atoms with Crippen LogP contribution in [0.25, 0.3) is 0 Å². The zero-order valence-electron chi connectivity index (χ0n) is 13.9. The molecule has 1 aliphatic rings. The number of carbonyl (C=O) groups is 1. The van der Waals surface area contributed by atoms with E-state index >= 15 is 0 Å². The minimum Gasteiger partial charge on any atom is -0.490 e. The number of rotatable bonds is 8. The van der Waals surface area contributed by atoms with Gasteiger partial charge in [0.25, 0.3) is 5.91 Å². The lowest BCUT2D eigenvalue weighted by atomic mass is 10.0. The Kier molecular flexibility index (Phi) is 7.39. The molecular weight excluding hydrogens is 318 g/mol. The van der Waals surface area contributed by atoms with Crippen molar-refractivity contribution in [1.82, 2.24) is 5.32 Å². The number of piperidine rings is 1. The number of ether oxygens (including phenoxy) is 2. The SMILES string of the molecule is CCOCC(=O)Nc1c(F)ccc(OCCC2CCCCN2)c1F. The lowest BCUT2D eigenvalue weighted by Gasteiger charge is -2.23. The lowest BCUT2D eigenvalue weighted by Crippen LogP contribution is -2.35. The third kappa shape index (κ3) is 5.42. The Labute approximate surface area is 140 Å². The van der Waals surface area contributed by atoms with Gasteiger partial charge in [-0.25, -0.2) is 8.78 Å². The number of carbonyl (C=O) groups excluding carboxylic acids is 1. The molecule has 1 fully saturated rings. The Balaban J connectivity index is 1.92. The molecule has 24 heavy (non-hydrogen) atoms. The predicted molar refractivity (Wildman–Crippen MR) is 87.2 cm³/mol. The molecule has 0 radical (unpaired) electrons. The Bertz CT molecular complexity index is 549. The maximum Gasteiger partial charge on any atom is 0.250 e. The van der Waals surface area contributed by atoms with Gasteiger partial charge < -0.3 is 20.1 Å². The minimum absolute atomic E-state index is 0.0704. The van der Waals surface area contributed by atoms with Gasteiger partial charge in [-0.15, -0.1) is 0 Å². The van der Waals surface area contributed by atoms with E-state index in [1.165, 1.54) is 18.9 Å². The zero-order chi connectivity index (χ0) is 17.4. The van der Waals surface area contributed by atoms with Gasteiger partial charge in [0.2, 0.25) is 0 Å². The second-order valence-electron chi connectivity index (χ2n) is 5.70. The van der Waals surface area contributed by atoms with Gasteiger partial charge >= 0.3 is 0 Å². The quantitative estimate of drug-likeness (QED) is 0.763. The average Bonchev–Trinajstić information content (AvgIpc) is 2.59. The summed E-state index contributed by atoms with van der Waals surface area (Å²) in [5.41, 5.74) is -0.506. The van der Waals surface area contributed by atoms with Crippen LogP contribution in [0.2, 0.25) is 0 Å². The molecule has 2 rings (SSSR count). The van der Waals surface area contributed by atoms with Crippen LogP contribution in [-0.4, -0.2) is 38.3 Å². The van der Waals surface area contributed by atoms with Crippen LogP contribution < -0.4 is 15.4 Å². The van der Waals surface area contributed by atoms with E-state index in [9.17, 15) is 13.6 Å². The van der Waals surface area contributed by atoms with Crippen molar-refractivity contribution in [1.29, 1.82) is 0 Å². The van der Waals surface area contributed by atoms with Crippen LogP contribution in [-0.2, 0) is 9.53 Å². The van der Waals surface area contributed by atoms with E-state index in [2.05, 4.69) is 10.6 Å². The van der Waals surface area contributed by atoms with Gasteiger partial charge in [0.15, 0.2) is 11.6 Å². The van der Waals surface area contributed by atoms with E-state index in [0.29, 0.717) is 19.3 Å². The highest BCUT2D eigenvalue weighted by Gasteiger charge is 2.18. The van der Waals surface area contributed by atoms with Crippen LogP contribution in [0, 0.1) is 11.6 Å². The molecule has 1 aromatic rings. The summed E-state index contributed by atoms with van der Waals surface area (Å²) in [4.78, 5) is 11.6. The second kappa shape index (κ2) is 9.54. The van der Waals surface area contributed by atoms with Crippen molar-refractivity contribution in [2.75, 3.05) is 31.7 Å². The second-order valence-corrected chi connectivity index (χ2v) is 5.70. The summed E-state index contributed by atoms with van der Waals surface area (Å²) in [7, 11) is 0. The van der Waals surface area contributed by atoms with Gasteiger partial charge in [0.05, 0.1) is 6.61 Å². The Morgan fingerprint density at radius 2 is 2.21 bits per heavy atom. The zero-order valence-corrected chi connectivity index (χ0v) is 13.9. The predicted octanol–water partition coefficient (Wildman–Crippen LogP) is 2.85. The highest BCUT2D eigenvalue weighted by atomic mass is 19.1. The highest BCUT2D eigenvalue weighted by Crippen LogP contribution is 2.28. The summed E-state index contributed by atoms with van der Waals surface area (Å²) < 4.78 is 38.5. The van der Waals surface area contributed by atoms with Crippen molar-refractivity contribution < 1.29 is 23.0 Å². The van der Waals surface area contributed by atoms with Crippen molar-refractivity contribution in [3.63, 3.8) is 0 Å². The summed E-state index contributed by atoms with van der Waals surface area (Å²) in [6.45, 7) is 3.13. The van der Waals surface area contributed by atoms with Crippen molar-refractivity contribution in [2.45, 2.75) is 38.6 Å². The lowest BCUT2D eigenvalue weighted by molar-refractivity contribution is -0.120. The summed E-state index contributed by atoms with van der Waals surface area (Å²) >= 11 is 0. The van der Waals surface area contributed by atoms with E-state index in [0.717, 1.165) is 25.5 Å². The molecule has 2 N–H and O–H groups in total. The molecule has 0 saturated carbocycles. The van der Waals surface area contributed by atoms with Crippen molar-refractivity contribution in [3.05, 3.63) is 23.8 Å². The smallest absolute Gasteiger partial charge is 0.250 e. The molecule has 0 spiro atoms. The molecule has 1 aliphatic heterocycles. The molecule has 0 bridgehead atoms. The Morgan fingerprint density at radius 3 is 2.92 bits per heavy atom. The molecule has 0 aliphatic carbocycles. The number of anilines is 1. The van der Waals surface area contributed by atoms with E-state index < -0.39 is 23.2 Å². The van der Waals surface area contributed by atoms with E-state index in [-0.39, 0.29) is 12.4 Å². The topological polar surface area (TPSA) is 59.6 Å². The number of nitrogens with one attached hydrogen (secondary N) is 2. The summed E-state index contributed by atoms with van der Waals surface area (Å²) in [6, 6.07) is 2.68. The van der Waals surface area contributed by atoms with Gasteiger partial charge in [-0.05, 0) is 44.9 Å². The van der Waals surface area contributed by atoms with Crippen LogP contribution in [0.4, 0.5) is 14.5 Å². The van der Waals surface area contributed by atoms with Crippen LogP contribution in [0.1, 0.15) is 32.6 Å². The first-order valence-corrected chi connectivity index (χ1v) is 8.33. The van der Waals surface area contributed by atoms with Crippen LogP contribution in [0.5, 0.6) is 5.75 Å². The first-order chi connectivity index (χ1) is 11.6. The normalized spacial score (nSPS) is 17.5. The fraction of sp³-hybridized carbons (Fsp3) is 0.588.